The molecule has 0 bridgehead atoms. The summed E-state index contributed by atoms with van der Waals surface area (Å²) in [6.45, 7) is 0. The third-order valence-corrected chi connectivity index (χ3v) is 0. The zero-order valence-electron chi connectivity index (χ0n) is 2.06. The van der Waals surface area contributed by atoms with E-state index < -0.39 is 22.6 Å². The fourth-order valence-electron chi connectivity index (χ4n) is 0. The SMILES string of the molecule is [Co+2].[O]=[Zr]([O-])[O-]. The third kappa shape index (κ3) is 40.1. The van der Waals surface area contributed by atoms with E-state index in [1.165, 1.54) is 0 Å². The Bertz CT molecular complexity index is 29.9. The van der Waals surface area contributed by atoms with Gasteiger partial charge in [-0.1, -0.05) is 0 Å². The van der Waals surface area contributed by atoms with Gasteiger partial charge < -0.3 is 0 Å². The molecule has 0 aliphatic carbocycles. The van der Waals surface area contributed by atoms with E-state index in [-0.39, 0.29) is 16.8 Å². The minimum atomic E-state index is -4.29. The zero-order valence-corrected chi connectivity index (χ0v) is 5.56. The van der Waals surface area contributed by atoms with Gasteiger partial charge in [-0.3, -0.25) is 0 Å². The maximum atomic E-state index is 8.61. The fourth-order valence-corrected chi connectivity index (χ4v) is 0. The summed E-state index contributed by atoms with van der Waals surface area (Å²) in [6.07, 6.45) is 0. The van der Waals surface area contributed by atoms with Crippen molar-refractivity contribution in [2.24, 2.45) is 0 Å². The van der Waals surface area contributed by atoms with Gasteiger partial charge in [-0.25, -0.2) is 0 Å². The van der Waals surface area contributed by atoms with Crippen LogP contribution in [-0.4, -0.2) is 0 Å². The summed E-state index contributed by atoms with van der Waals surface area (Å²) in [5, 5.41) is 0. The molecule has 0 aromatic heterocycles. The van der Waals surface area contributed by atoms with Crippen molar-refractivity contribution in [3.05, 3.63) is 0 Å². The van der Waals surface area contributed by atoms with Gasteiger partial charge in [0.2, 0.25) is 0 Å². The van der Waals surface area contributed by atoms with Crippen molar-refractivity contribution in [2.45, 2.75) is 0 Å². The molecule has 31 valence electrons. The van der Waals surface area contributed by atoms with Crippen molar-refractivity contribution in [3.8, 4) is 0 Å². The molecule has 1 radical (unpaired) electrons. The van der Waals surface area contributed by atoms with Gasteiger partial charge >= 0.3 is 48.6 Å². The molecule has 0 saturated heterocycles. The molecule has 0 heterocycles. The molecule has 0 saturated carbocycles. The molecular formula is CoO3Zr. The van der Waals surface area contributed by atoms with Crippen molar-refractivity contribution in [2.75, 3.05) is 0 Å². The molecule has 0 fully saturated rings. The van der Waals surface area contributed by atoms with E-state index in [9.17, 15) is 0 Å². The van der Waals surface area contributed by atoms with Gasteiger partial charge in [0.1, 0.15) is 0 Å². The first-order valence-corrected chi connectivity index (χ1v) is 3.62. The van der Waals surface area contributed by atoms with E-state index in [1.807, 2.05) is 0 Å². The maximum absolute atomic E-state index is 8.61. The van der Waals surface area contributed by atoms with Crippen LogP contribution in [0.3, 0.4) is 0 Å². The van der Waals surface area contributed by atoms with E-state index in [0.29, 0.717) is 0 Å². The van der Waals surface area contributed by atoms with Crippen LogP contribution < -0.4 is 6.37 Å². The molecule has 0 aromatic rings. The van der Waals surface area contributed by atoms with Crippen LogP contribution in [0.4, 0.5) is 0 Å². The number of rotatable bonds is 0. The van der Waals surface area contributed by atoms with Crippen molar-refractivity contribution in [3.63, 3.8) is 0 Å². The summed E-state index contributed by atoms with van der Waals surface area (Å²) in [7, 11) is 0. The fraction of sp³-hybridized carbons (Fsp3) is 0. The second kappa shape index (κ2) is 5.11. The summed E-state index contributed by atoms with van der Waals surface area (Å²) in [5.41, 5.74) is 0. The van der Waals surface area contributed by atoms with Crippen LogP contribution in [0.5, 0.6) is 0 Å². The molecule has 0 spiro atoms. The molecule has 0 aliphatic rings. The van der Waals surface area contributed by atoms with Crippen molar-refractivity contribution in [1.29, 1.82) is 0 Å². The summed E-state index contributed by atoms with van der Waals surface area (Å²) in [6, 6.07) is 0. The average molecular weight is 198 g/mol. The first-order chi connectivity index (χ1) is 1.73. The predicted octanol–water partition coefficient (Wildman–Crippen LogP) is -2.50. The summed E-state index contributed by atoms with van der Waals surface area (Å²) in [5.74, 6) is 0. The first-order valence-electron chi connectivity index (χ1n) is 0.612. The molecule has 5 heavy (non-hydrogen) atoms. The van der Waals surface area contributed by atoms with Crippen LogP contribution in [0.2, 0.25) is 0 Å². The molecule has 0 unspecified atom stereocenters. The standard InChI is InChI=1S/Co.3O.Zr/q+2;;2*-1;. The zero-order chi connectivity index (χ0) is 3.58. The Morgan fingerprint density at radius 1 is 1.40 bits per heavy atom. The van der Waals surface area contributed by atoms with Crippen molar-refractivity contribution < 1.29 is 48.6 Å². The van der Waals surface area contributed by atoms with Gasteiger partial charge in [-0.15, -0.1) is 0 Å². The van der Waals surface area contributed by atoms with Gasteiger partial charge in [-0.2, -0.15) is 0 Å². The molecular weight excluding hydrogens is 198 g/mol. The Kier molecular flexibility index (Phi) is 9.65. The number of hydrogen-bond acceptors (Lipinski definition) is 3. The average Bonchev–Trinajstić information content (AvgIpc) is 0.811. The van der Waals surface area contributed by atoms with Crippen molar-refractivity contribution in [1.82, 2.24) is 0 Å². The Labute approximate surface area is 48.6 Å². The molecule has 0 atom stereocenters. The Morgan fingerprint density at radius 2 is 1.40 bits per heavy atom. The Morgan fingerprint density at radius 3 is 1.40 bits per heavy atom. The Balaban J connectivity index is 0. The second-order valence-electron chi connectivity index (χ2n) is 0.250. The van der Waals surface area contributed by atoms with Crippen LogP contribution in [-0.2, 0) is 42.2 Å². The van der Waals surface area contributed by atoms with Crippen molar-refractivity contribution >= 4 is 0 Å². The molecule has 3 nitrogen and oxygen atoms in total. The van der Waals surface area contributed by atoms with Crippen LogP contribution in [0.25, 0.3) is 0 Å². The summed E-state index contributed by atoms with van der Waals surface area (Å²) < 4.78 is 25.8. The van der Waals surface area contributed by atoms with Gasteiger partial charge in [0.15, 0.2) is 0 Å². The monoisotopic (exact) mass is 197 g/mol. The van der Waals surface area contributed by atoms with E-state index >= 15 is 0 Å². The normalized spacial score (nSPS) is 5.20. The molecule has 0 amide bonds. The molecule has 0 rings (SSSR count). The molecule has 0 aliphatic heterocycles. The third-order valence-electron chi connectivity index (χ3n) is 0. The summed E-state index contributed by atoms with van der Waals surface area (Å²) >= 11 is -4.29. The van der Waals surface area contributed by atoms with E-state index in [0.717, 1.165) is 0 Å². The van der Waals surface area contributed by atoms with Gasteiger partial charge in [0, 0.05) is 0 Å². The van der Waals surface area contributed by atoms with Crippen LogP contribution >= 0.6 is 0 Å². The summed E-state index contributed by atoms with van der Waals surface area (Å²) in [4.78, 5) is 0. The molecule has 0 N–H and O–H groups in total. The van der Waals surface area contributed by atoms with Gasteiger partial charge in [0.05, 0.1) is 0 Å². The van der Waals surface area contributed by atoms with Gasteiger partial charge in [0.25, 0.3) is 0 Å². The minimum absolute atomic E-state index is 0. The predicted molar refractivity (Wildman–Crippen MR) is 0.686 cm³/mol. The van der Waals surface area contributed by atoms with E-state index in [4.69, 9.17) is 9.18 Å². The number of hydrogen-bond donors (Lipinski definition) is 0. The topological polar surface area (TPSA) is 63.2 Å². The van der Waals surface area contributed by atoms with Crippen LogP contribution in [0.15, 0.2) is 0 Å². The van der Waals surface area contributed by atoms with E-state index in [1.54, 1.807) is 0 Å². The van der Waals surface area contributed by atoms with Gasteiger partial charge in [-0.05, 0) is 0 Å². The Hall–Kier alpha value is 1.11. The first kappa shape index (κ1) is 9.44. The molecule has 0 aromatic carbocycles. The van der Waals surface area contributed by atoms with Crippen LogP contribution in [0.1, 0.15) is 0 Å². The van der Waals surface area contributed by atoms with Crippen LogP contribution in [0, 0.1) is 0 Å². The van der Waals surface area contributed by atoms with E-state index in [2.05, 4.69) is 0 Å². The molecule has 5 heteroatoms. The second-order valence-corrected chi connectivity index (χ2v) is 1.48. The quantitative estimate of drug-likeness (QED) is 0.432.